The van der Waals surface area contributed by atoms with Gasteiger partial charge in [0.25, 0.3) is 5.91 Å². The number of halogens is 2. The highest BCUT2D eigenvalue weighted by molar-refractivity contribution is 8.00. The summed E-state index contributed by atoms with van der Waals surface area (Å²) in [7, 11) is 0. The third-order valence-corrected chi connectivity index (χ3v) is 7.04. The molecular weight excluding hydrogens is 379 g/mol. The summed E-state index contributed by atoms with van der Waals surface area (Å²) in [5.74, 6) is 1.07. The summed E-state index contributed by atoms with van der Waals surface area (Å²) in [6.07, 6.45) is 1.60. The van der Waals surface area contributed by atoms with E-state index in [1.165, 1.54) is 0 Å². The first kappa shape index (κ1) is 18.9. The molecule has 3 rings (SSSR count). The van der Waals surface area contributed by atoms with Crippen molar-refractivity contribution in [2.24, 2.45) is 5.92 Å². The minimum atomic E-state index is -0.228. The van der Waals surface area contributed by atoms with E-state index in [9.17, 15) is 9.59 Å². The van der Waals surface area contributed by atoms with Crippen molar-refractivity contribution in [1.29, 1.82) is 0 Å². The predicted molar refractivity (Wildman–Crippen MR) is 103 cm³/mol. The van der Waals surface area contributed by atoms with Crippen LogP contribution >= 0.6 is 35.0 Å². The fourth-order valence-electron chi connectivity index (χ4n) is 3.56. The standard InChI is InChI=1S/C18H22Cl2N2O2S/c1-12(2)16(23)21-7-5-18(6-8-21)22(9-10-25-18)17(24)14-4-3-13(19)11-15(14)20/h3-4,11-12H,5-10H2,1-2H3. The molecule has 25 heavy (non-hydrogen) atoms. The SMILES string of the molecule is CC(C)C(=O)N1CCC2(CC1)SCCN2C(=O)c1ccc(Cl)cc1Cl. The summed E-state index contributed by atoms with van der Waals surface area (Å²) >= 11 is 14.0. The van der Waals surface area contributed by atoms with Crippen molar-refractivity contribution >= 4 is 46.8 Å². The van der Waals surface area contributed by atoms with Crippen LogP contribution in [0, 0.1) is 5.92 Å². The Labute approximate surface area is 162 Å². The van der Waals surface area contributed by atoms with Crippen molar-refractivity contribution in [2.75, 3.05) is 25.4 Å². The Morgan fingerprint density at radius 3 is 2.44 bits per heavy atom. The van der Waals surface area contributed by atoms with Crippen molar-refractivity contribution in [3.8, 4) is 0 Å². The fraction of sp³-hybridized carbons (Fsp3) is 0.556. The molecule has 0 radical (unpaired) electrons. The maximum atomic E-state index is 13.1. The number of carbonyl (C=O) groups excluding carboxylic acids is 2. The van der Waals surface area contributed by atoms with Crippen LogP contribution in [0.5, 0.6) is 0 Å². The number of nitrogens with zero attached hydrogens (tertiary/aromatic N) is 2. The zero-order chi connectivity index (χ0) is 18.2. The second-order valence-corrected chi connectivity index (χ2v) is 9.16. The summed E-state index contributed by atoms with van der Waals surface area (Å²) in [4.78, 5) is 28.9. The molecule has 4 nitrogen and oxygen atoms in total. The van der Waals surface area contributed by atoms with Crippen molar-refractivity contribution in [3.63, 3.8) is 0 Å². The number of piperidine rings is 1. The molecular formula is C18H22Cl2N2O2S. The van der Waals surface area contributed by atoms with Gasteiger partial charge in [-0.05, 0) is 31.0 Å². The predicted octanol–water partition coefficient (Wildman–Crippen LogP) is 4.16. The smallest absolute Gasteiger partial charge is 0.256 e. The second kappa shape index (κ2) is 7.37. The number of carbonyl (C=O) groups is 2. The normalized spacial score (nSPS) is 19.7. The van der Waals surface area contributed by atoms with Crippen LogP contribution in [-0.4, -0.2) is 51.9 Å². The van der Waals surface area contributed by atoms with Gasteiger partial charge in [-0.2, -0.15) is 0 Å². The molecule has 0 unspecified atom stereocenters. The zero-order valence-electron chi connectivity index (χ0n) is 14.4. The van der Waals surface area contributed by atoms with Gasteiger partial charge in [0.05, 0.1) is 15.5 Å². The number of rotatable bonds is 2. The molecule has 2 amide bonds. The molecule has 1 aromatic rings. The summed E-state index contributed by atoms with van der Waals surface area (Å²) < 4.78 is 0. The highest BCUT2D eigenvalue weighted by Crippen LogP contribution is 2.45. The van der Waals surface area contributed by atoms with E-state index in [0.717, 1.165) is 18.6 Å². The number of likely N-dealkylation sites (tertiary alicyclic amines) is 1. The van der Waals surface area contributed by atoms with E-state index >= 15 is 0 Å². The Morgan fingerprint density at radius 1 is 1.16 bits per heavy atom. The highest BCUT2D eigenvalue weighted by Gasteiger charge is 2.47. The van der Waals surface area contributed by atoms with Gasteiger partial charge in [-0.15, -0.1) is 11.8 Å². The van der Waals surface area contributed by atoms with Gasteiger partial charge in [0.2, 0.25) is 5.91 Å². The lowest BCUT2D eigenvalue weighted by Gasteiger charge is -2.44. The van der Waals surface area contributed by atoms with Crippen LogP contribution in [0.4, 0.5) is 0 Å². The van der Waals surface area contributed by atoms with Crippen LogP contribution in [0.3, 0.4) is 0 Å². The fourth-order valence-corrected chi connectivity index (χ4v) is 5.50. The first-order valence-corrected chi connectivity index (χ1v) is 10.3. The Hall–Kier alpha value is -0.910. The van der Waals surface area contributed by atoms with Crippen LogP contribution < -0.4 is 0 Å². The lowest BCUT2D eigenvalue weighted by atomic mass is 9.99. The number of benzene rings is 1. The van der Waals surface area contributed by atoms with Gasteiger partial charge >= 0.3 is 0 Å². The van der Waals surface area contributed by atoms with Crippen LogP contribution in [0.2, 0.25) is 10.0 Å². The quantitative estimate of drug-likeness (QED) is 0.747. The molecule has 2 fully saturated rings. The monoisotopic (exact) mass is 400 g/mol. The van der Waals surface area contributed by atoms with E-state index in [2.05, 4.69) is 0 Å². The van der Waals surface area contributed by atoms with Crippen LogP contribution in [0.25, 0.3) is 0 Å². The molecule has 2 aliphatic heterocycles. The van der Waals surface area contributed by atoms with Crippen molar-refractivity contribution < 1.29 is 9.59 Å². The van der Waals surface area contributed by atoms with Crippen molar-refractivity contribution in [3.05, 3.63) is 33.8 Å². The number of thioether (sulfide) groups is 1. The second-order valence-electron chi connectivity index (χ2n) is 6.86. The average Bonchev–Trinajstić information content (AvgIpc) is 2.97. The molecule has 1 aromatic carbocycles. The summed E-state index contributed by atoms with van der Waals surface area (Å²) in [6.45, 7) is 5.95. The lowest BCUT2D eigenvalue weighted by Crippen LogP contribution is -2.54. The summed E-state index contributed by atoms with van der Waals surface area (Å²) in [5.41, 5.74) is 0.494. The maximum absolute atomic E-state index is 13.1. The first-order valence-electron chi connectivity index (χ1n) is 8.54. The average molecular weight is 401 g/mol. The van der Waals surface area contributed by atoms with E-state index < -0.39 is 0 Å². The van der Waals surface area contributed by atoms with E-state index in [0.29, 0.717) is 35.2 Å². The third kappa shape index (κ3) is 3.64. The van der Waals surface area contributed by atoms with Gasteiger partial charge in [-0.25, -0.2) is 0 Å². The van der Waals surface area contributed by atoms with Gasteiger partial charge < -0.3 is 9.80 Å². The minimum Gasteiger partial charge on any atom is -0.342 e. The van der Waals surface area contributed by atoms with Crippen LogP contribution in [0.15, 0.2) is 18.2 Å². The van der Waals surface area contributed by atoms with Gasteiger partial charge in [0.15, 0.2) is 0 Å². The Kier molecular flexibility index (Phi) is 5.57. The van der Waals surface area contributed by atoms with Gasteiger partial charge in [-0.3, -0.25) is 9.59 Å². The molecule has 1 spiro atoms. The molecule has 0 bridgehead atoms. The number of hydrogen-bond acceptors (Lipinski definition) is 3. The Morgan fingerprint density at radius 2 is 1.84 bits per heavy atom. The van der Waals surface area contributed by atoms with Gasteiger partial charge in [-0.1, -0.05) is 37.0 Å². The van der Waals surface area contributed by atoms with Crippen molar-refractivity contribution in [1.82, 2.24) is 9.80 Å². The first-order chi connectivity index (χ1) is 11.8. The number of hydrogen-bond donors (Lipinski definition) is 0. The van der Waals surface area contributed by atoms with Gasteiger partial charge in [0, 0.05) is 36.3 Å². The molecule has 0 saturated carbocycles. The Balaban J connectivity index is 1.77. The topological polar surface area (TPSA) is 40.6 Å². The van der Waals surface area contributed by atoms with Gasteiger partial charge in [0.1, 0.15) is 0 Å². The Bertz CT molecular complexity index is 688. The van der Waals surface area contributed by atoms with Crippen molar-refractivity contribution in [2.45, 2.75) is 31.6 Å². The van der Waals surface area contributed by atoms with Crippen LogP contribution in [-0.2, 0) is 4.79 Å². The maximum Gasteiger partial charge on any atom is 0.256 e. The van der Waals surface area contributed by atoms with Crippen LogP contribution in [0.1, 0.15) is 37.0 Å². The highest BCUT2D eigenvalue weighted by atomic mass is 35.5. The summed E-state index contributed by atoms with van der Waals surface area (Å²) in [5, 5.41) is 0.907. The summed E-state index contributed by atoms with van der Waals surface area (Å²) in [6, 6.07) is 5.00. The number of amides is 2. The third-order valence-electron chi connectivity index (χ3n) is 4.93. The molecule has 0 N–H and O–H groups in total. The van der Waals surface area contributed by atoms with E-state index in [1.54, 1.807) is 18.2 Å². The van der Waals surface area contributed by atoms with E-state index in [1.807, 2.05) is 35.4 Å². The molecule has 2 saturated heterocycles. The molecule has 0 aliphatic carbocycles. The lowest BCUT2D eigenvalue weighted by molar-refractivity contribution is -0.136. The zero-order valence-corrected chi connectivity index (χ0v) is 16.8. The van der Waals surface area contributed by atoms with E-state index in [-0.39, 0.29) is 22.6 Å². The largest absolute Gasteiger partial charge is 0.342 e. The molecule has 0 atom stereocenters. The molecule has 2 aliphatic rings. The minimum absolute atomic E-state index is 0.0101. The van der Waals surface area contributed by atoms with E-state index in [4.69, 9.17) is 23.2 Å². The molecule has 7 heteroatoms. The molecule has 0 aromatic heterocycles. The molecule has 136 valence electrons. The molecule has 2 heterocycles.